The summed E-state index contributed by atoms with van der Waals surface area (Å²) >= 11 is 1.59. The maximum absolute atomic E-state index is 11.3. The Labute approximate surface area is 139 Å². The summed E-state index contributed by atoms with van der Waals surface area (Å²) in [6.07, 6.45) is 2.91. The van der Waals surface area contributed by atoms with E-state index in [1.165, 1.54) is 0 Å². The van der Waals surface area contributed by atoms with Gasteiger partial charge in [-0.1, -0.05) is 18.2 Å². The predicted octanol–water partition coefficient (Wildman–Crippen LogP) is 3.32. The fourth-order valence-electron chi connectivity index (χ4n) is 3.88. The van der Waals surface area contributed by atoms with Gasteiger partial charge in [-0.25, -0.2) is 4.98 Å². The summed E-state index contributed by atoms with van der Waals surface area (Å²) in [5, 5.41) is 15.6. The summed E-state index contributed by atoms with van der Waals surface area (Å²) in [7, 11) is 0. The Morgan fingerprint density at radius 3 is 2.91 bits per heavy atom. The first-order valence-electron chi connectivity index (χ1n) is 7.96. The van der Waals surface area contributed by atoms with Crippen molar-refractivity contribution >= 4 is 28.1 Å². The van der Waals surface area contributed by atoms with Crippen molar-refractivity contribution in [2.24, 2.45) is 5.92 Å². The van der Waals surface area contributed by atoms with Gasteiger partial charge in [0.05, 0.1) is 11.6 Å². The van der Waals surface area contributed by atoms with E-state index in [-0.39, 0.29) is 12.0 Å². The second-order valence-electron chi connectivity index (χ2n) is 6.29. The van der Waals surface area contributed by atoms with Gasteiger partial charge in [-0.2, -0.15) is 0 Å². The number of nitrogens with zero attached hydrogens (tertiary/aromatic N) is 2. The number of nitrogens with one attached hydrogen (secondary N) is 1. The highest BCUT2D eigenvalue weighted by molar-refractivity contribution is 7.13. The van der Waals surface area contributed by atoms with E-state index in [0.29, 0.717) is 6.04 Å². The molecule has 23 heavy (non-hydrogen) atoms. The molecule has 1 aromatic carbocycles. The van der Waals surface area contributed by atoms with Crippen LogP contribution < -0.4 is 5.32 Å². The zero-order valence-corrected chi connectivity index (χ0v) is 13.5. The first kappa shape index (κ1) is 14.7. The number of para-hydroxylation sites is 1. The second kappa shape index (κ2) is 5.94. The maximum atomic E-state index is 11.3. The van der Waals surface area contributed by atoms with Crippen LogP contribution in [0.5, 0.6) is 0 Å². The first-order valence-corrected chi connectivity index (χ1v) is 8.83. The Morgan fingerprint density at radius 1 is 1.35 bits per heavy atom. The average molecular weight is 329 g/mol. The average Bonchev–Trinajstić information content (AvgIpc) is 3.24. The van der Waals surface area contributed by atoms with Crippen molar-refractivity contribution in [3.63, 3.8) is 0 Å². The van der Waals surface area contributed by atoms with Crippen molar-refractivity contribution in [2.45, 2.75) is 37.9 Å². The molecule has 1 aromatic heterocycles. The summed E-state index contributed by atoms with van der Waals surface area (Å²) in [5.41, 5.74) is 2.05. The van der Waals surface area contributed by atoms with Crippen LogP contribution in [0.2, 0.25) is 0 Å². The largest absolute Gasteiger partial charge is 0.481 e. The molecular formula is C17H19N3O2S. The number of hydrogen-bond donors (Lipinski definition) is 2. The lowest BCUT2D eigenvalue weighted by molar-refractivity contribution is -0.142. The van der Waals surface area contributed by atoms with Crippen molar-refractivity contribution in [2.75, 3.05) is 5.32 Å². The molecule has 120 valence electrons. The van der Waals surface area contributed by atoms with Crippen LogP contribution in [0.1, 0.15) is 25.0 Å². The molecule has 2 N–H and O–H groups in total. The van der Waals surface area contributed by atoms with Gasteiger partial charge in [0.2, 0.25) is 0 Å². The van der Waals surface area contributed by atoms with Crippen LogP contribution in [-0.2, 0) is 11.3 Å². The number of carbonyl (C=O) groups is 1. The summed E-state index contributed by atoms with van der Waals surface area (Å²) in [4.78, 5) is 18.3. The molecule has 2 bridgehead atoms. The zero-order chi connectivity index (χ0) is 15.8. The first-order chi connectivity index (χ1) is 11.2. The van der Waals surface area contributed by atoms with Crippen LogP contribution in [0, 0.1) is 5.92 Å². The summed E-state index contributed by atoms with van der Waals surface area (Å²) in [5.74, 6) is -0.846. The third-order valence-electron chi connectivity index (χ3n) is 4.92. The van der Waals surface area contributed by atoms with Crippen LogP contribution in [0.3, 0.4) is 0 Å². The number of carboxylic acid groups (broad SMARTS) is 1. The van der Waals surface area contributed by atoms with Gasteiger partial charge in [0.1, 0.15) is 0 Å². The molecule has 6 heteroatoms. The van der Waals surface area contributed by atoms with E-state index in [0.717, 1.165) is 42.3 Å². The van der Waals surface area contributed by atoms with Gasteiger partial charge in [-0.3, -0.25) is 9.69 Å². The molecule has 4 rings (SSSR count). The number of carboxylic acids is 1. The molecule has 2 aliphatic heterocycles. The molecule has 0 aliphatic carbocycles. The minimum atomic E-state index is -0.646. The van der Waals surface area contributed by atoms with Gasteiger partial charge in [0, 0.05) is 29.7 Å². The number of thiazole rings is 1. The lowest BCUT2D eigenvalue weighted by Gasteiger charge is -2.21. The highest BCUT2D eigenvalue weighted by Gasteiger charge is 2.49. The minimum Gasteiger partial charge on any atom is -0.481 e. The summed E-state index contributed by atoms with van der Waals surface area (Å²) in [6.45, 7) is 0.756. The molecular weight excluding hydrogens is 310 g/mol. The van der Waals surface area contributed by atoms with E-state index in [4.69, 9.17) is 0 Å². The minimum absolute atomic E-state index is 0.185. The Kier molecular flexibility index (Phi) is 3.79. The number of anilines is 2. The Balaban J connectivity index is 1.43. The maximum Gasteiger partial charge on any atom is 0.308 e. The normalized spacial score (nSPS) is 26.5. The van der Waals surface area contributed by atoms with E-state index < -0.39 is 5.97 Å². The van der Waals surface area contributed by atoms with Crippen molar-refractivity contribution in [1.82, 2.24) is 9.88 Å². The van der Waals surface area contributed by atoms with Gasteiger partial charge in [-0.15, -0.1) is 11.3 Å². The zero-order valence-electron chi connectivity index (χ0n) is 12.7. The predicted molar refractivity (Wildman–Crippen MR) is 89.9 cm³/mol. The SMILES string of the molecule is O=C(O)C1CC2CCC1N2Cc1csc(Nc2ccccc2)n1. The summed E-state index contributed by atoms with van der Waals surface area (Å²) in [6, 6.07) is 10.6. The molecule has 2 fully saturated rings. The third kappa shape index (κ3) is 2.84. The van der Waals surface area contributed by atoms with E-state index >= 15 is 0 Å². The van der Waals surface area contributed by atoms with Gasteiger partial charge < -0.3 is 10.4 Å². The Hall–Kier alpha value is -1.92. The van der Waals surface area contributed by atoms with Gasteiger partial charge in [0.15, 0.2) is 5.13 Å². The fraction of sp³-hybridized carbons (Fsp3) is 0.412. The molecule has 3 unspecified atom stereocenters. The van der Waals surface area contributed by atoms with E-state index in [1.54, 1.807) is 11.3 Å². The quantitative estimate of drug-likeness (QED) is 0.881. The molecule has 5 nitrogen and oxygen atoms in total. The van der Waals surface area contributed by atoms with Crippen LogP contribution in [-0.4, -0.2) is 33.0 Å². The number of hydrogen-bond acceptors (Lipinski definition) is 5. The van der Waals surface area contributed by atoms with Gasteiger partial charge in [0.25, 0.3) is 0 Å². The van der Waals surface area contributed by atoms with Crippen LogP contribution in [0.4, 0.5) is 10.8 Å². The van der Waals surface area contributed by atoms with E-state index in [2.05, 4.69) is 20.6 Å². The molecule has 2 aliphatic rings. The molecule has 2 saturated heterocycles. The third-order valence-corrected chi connectivity index (χ3v) is 5.73. The fourth-order valence-corrected chi connectivity index (χ4v) is 4.60. The molecule has 2 aromatic rings. The van der Waals surface area contributed by atoms with Gasteiger partial charge in [-0.05, 0) is 31.4 Å². The molecule has 0 amide bonds. The van der Waals surface area contributed by atoms with Gasteiger partial charge >= 0.3 is 5.97 Å². The van der Waals surface area contributed by atoms with Crippen molar-refractivity contribution in [3.05, 3.63) is 41.4 Å². The number of aliphatic carboxylic acids is 1. The highest BCUT2D eigenvalue weighted by Crippen LogP contribution is 2.42. The Bertz CT molecular complexity index is 703. The van der Waals surface area contributed by atoms with E-state index in [9.17, 15) is 9.90 Å². The van der Waals surface area contributed by atoms with E-state index in [1.807, 2.05) is 30.3 Å². The standard InChI is InChI=1S/C17H19N3O2S/c21-16(22)14-8-13-6-7-15(14)20(13)9-12-10-23-17(19-12)18-11-4-2-1-3-5-11/h1-5,10,13-15H,6-9H2,(H,18,19)(H,21,22). The second-order valence-corrected chi connectivity index (χ2v) is 7.14. The lowest BCUT2D eigenvalue weighted by atomic mass is 9.89. The number of aromatic nitrogens is 1. The smallest absolute Gasteiger partial charge is 0.308 e. The summed E-state index contributed by atoms with van der Waals surface area (Å²) < 4.78 is 0. The molecule has 0 radical (unpaired) electrons. The number of rotatable bonds is 5. The highest BCUT2D eigenvalue weighted by atomic mass is 32.1. The lowest BCUT2D eigenvalue weighted by Crippen LogP contribution is -2.32. The van der Waals surface area contributed by atoms with Crippen molar-refractivity contribution in [1.29, 1.82) is 0 Å². The molecule has 0 spiro atoms. The number of fused-ring (bicyclic) bond motifs is 2. The topological polar surface area (TPSA) is 65.5 Å². The van der Waals surface area contributed by atoms with Crippen molar-refractivity contribution in [3.8, 4) is 0 Å². The van der Waals surface area contributed by atoms with Crippen molar-refractivity contribution < 1.29 is 9.90 Å². The van der Waals surface area contributed by atoms with Crippen LogP contribution in [0.25, 0.3) is 0 Å². The molecule has 3 atom stereocenters. The van der Waals surface area contributed by atoms with Crippen LogP contribution >= 0.6 is 11.3 Å². The van der Waals surface area contributed by atoms with Crippen LogP contribution in [0.15, 0.2) is 35.7 Å². The molecule has 0 saturated carbocycles. The Morgan fingerprint density at radius 2 is 2.17 bits per heavy atom. The number of benzene rings is 1. The molecule has 3 heterocycles. The monoisotopic (exact) mass is 329 g/mol.